The summed E-state index contributed by atoms with van der Waals surface area (Å²) in [5, 5.41) is 3.91. The van der Waals surface area contributed by atoms with Crippen LogP contribution in [0.3, 0.4) is 0 Å². The number of ether oxygens (including phenoxy) is 1. The number of likely N-dealkylation sites (tertiary alicyclic amines) is 1. The van der Waals surface area contributed by atoms with Gasteiger partial charge in [-0.3, -0.25) is 0 Å². The van der Waals surface area contributed by atoms with Gasteiger partial charge in [-0.15, -0.1) is 0 Å². The van der Waals surface area contributed by atoms with Gasteiger partial charge in [-0.2, -0.15) is 9.36 Å². The molecule has 1 N–H and O–H groups in total. The molecule has 0 bridgehead atoms. The zero-order chi connectivity index (χ0) is 19.1. The van der Waals surface area contributed by atoms with Crippen LogP contribution < -0.4 is 10.1 Å². The van der Waals surface area contributed by atoms with Gasteiger partial charge in [0.1, 0.15) is 23.4 Å². The van der Waals surface area contributed by atoms with Crippen LogP contribution in [-0.4, -0.2) is 50.5 Å². The van der Waals surface area contributed by atoms with E-state index < -0.39 is 0 Å². The van der Waals surface area contributed by atoms with Crippen molar-refractivity contribution in [1.82, 2.24) is 24.2 Å². The Hall–Kier alpha value is -2.58. The summed E-state index contributed by atoms with van der Waals surface area (Å²) in [4.78, 5) is 15.7. The summed E-state index contributed by atoms with van der Waals surface area (Å²) in [6.07, 6.45) is 6.13. The van der Waals surface area contributed by atoms with Crippen molar-refractivity contribution in [3.63, 3.8) is 0 Å². The smallest absolute Gasteiger partial charge is 0.208 e. The Balaban J connectivity index is 1.20. The molecule has 1 aliphatic carbocycles. The Morgan fingerprint density at radius 3 is 2.79 bits per heavy atom. The molecule has 3 aromatic heterocycles. The predicted molar refractivity (Wildman–Crippen MR) is 109 cm³/mol. The minimum atomic E-state index is 0.316. The van der Waals surface area contributed by atoms with Crippen LogP contribution in [0.2, 0.25) is 0 Å². The molecule has 2 aliphatic rings. The summed E-state index contributed by atoms with van der Waals surface area (Å²) in [5.74, 6) is 2.21. The molecule has 0 amide bonds. The number of pyridine rings is 2. The lowest BCUT2D eigenvalue weighted by atomic mass is 9.62. The highest BCUT2D eigenvalue weighted by Gasteiger charge is 2.52. The Labute approximate surface area is 168 Å². The van der Waals surface area contributed by atoms with Crippen molar-refractivity contribution >= 4 is 22.5 Å². The van der Waals surface area contributed by atoms with Crippen LogP contribution in [0.4, 0.5) is 10.9 Å². The average Bonchev–Trinajstić information content (AvgIpc) is 3.10. The Kier molecular flexibility index (Phi) is 4.25. The summed E-state index contributed by atoms with van der Waals surface area (Å²) < 4.78 is 10.5. The Morgan fingerprint density at radius 1 is 1.21 bits per heavy atom. The van der Waals surface area contributed by atoms with Crippen molar-refractivity contribution in [3.8, 4) is 17.3 Å². The van der Waals surface area contributed by atoms with E-state index in [1.807, 2.05) is 31.2 Å². The molecule has 7 nitrogen and oxygen atoms in total. The minimum absolute atomic E-state index is 0.316. The van der Waals surface area contributed by atoms with Gasteiger partial charge in [-0.25, -0.2) is 9.97 Å². The monoisotopic (exact) mass is 394 g/mol. The highest BCUT2D eigenvalue weighted by atomic mass is 32.1. The Bertz CT molecular complexity index is 974. The summed E-state index contributed by atoms with van der Waals surface area (Å²) in [6, 6.07) is 7.79. The van der Waals surface area contributed by atoms with Gasteiger partial charge in [0.25, 0.3) is 0 Å². The van der Waals surface area contributed by atoms with Crippen LogP contribution in [0.15, 0.2) is 36.7 Å². The van der Waals surface area contributed by atoms with Crippen LogP contribution in [0.25, 0.3) is 11.5 Å². The van der Waals surface area contributed by atoms with Gasteiger partial charge in [-0.1, -0.05) is 6.07 Å². The first-order valence-corrected chi connectivity index (χ1v) is 10.2. The van der Waals surface area contributed by atoms with Gasteiger partial charge in [0.05, 0.1) is 6.20 Å². The van der Waals surface area contributed by atoms with E-state index in [1.165, 1.54) is 24.6 Å². The van der Waals surface area contributed by atoms with E-state index in [9.17, 15) is 0 Å². The molecule has 1 aliphatic heterocycles. The topological polar surface area (TPSA) is 76.1 Å². The lowest BCUT2D eigenvalue weighted by Crippen LogP contribution is -2.63. The predicted octanol–water partition coefficient (Wildman–Crippen LogP) is 3.52. The van der Waals surface area contributed by atoms with E-state index in [0.717, 1.165) is 35.7 Å². The lowest BCUT2D eigenvalue weighted by molar-refractivity contribution is -0.109. The maximum atomic E-state index is 6.07. The third kappa shape index (κ3) is 3.33. The third-order valence-electron chi connectivity index (χ3n) is 5.46. The van der Waals surface area contributed by atoms with Crippen LogP contribution in [-0.2, 0) is 0 Å². The van der Waals surface area contributed by atoms with Crippen molar-refractivity contribution in [1.29, 1.82) is 0 Å². The summed E-state index contributed by atoms with van der Waals surface area (Å²) in [6.45, 7) is 4.41. The number of nitrogens with zero attached hydrogens (tertiary/aromatic N) is 5. The first-order chi connectivity index (χ1) is 13.6. The molecule has 0 atom stereocenters. The standard InChI is InChI=1S/C20H22N6OS/c1-13-4-3-7-21-17(13)23-19-24-18(25-28-19)16-6-5-14(10-22-16)27-15-8-20(9-15)11-26(2)12-20/h3-7,10,15H,8-9,11-12H2,1-2H3,(H,21,23,24,25). The van der Waals surface area contributed by atoms with E-state index >= 15 is 0 Å². The van der Waals surface area contributed by atoms with Gasteiger partial charge in [-0.05, 0) is 50.6 Å². The molecule has 0 aromatic carbocycles. The number of rotatable bonds is 5. The van der Waals surface area contributed by atoms with E-state index in [0.29, 0.717) is 22.5 Å². The molecule has 8 heteroatoms. The molecule has 1 spiro atoms. The highest BCUT2D eigenvalue weighted by molar-refractivity contribution is 7.09. The number of hydrogen-bond donors (Lipinski definition) is 1. The SMILES string of the molecule is Cc1cccnc1Nc1nc(-c2ccc(OC3CC4(C3)CN(C)C4)cn2)ns1. The minimum Gasteiger partial charge on any atom is -0.489 e. The van der Waals surface area contributed by atoms with Crippen molar-refractivity contribution < 1.29 is 4.74 Å². The number of aryl methyl sites for hydroxylation is 1. The zero-order valence-corrected chi connectivity index (χ0v) is 16.7. The van der Waals surface area contributed by atoms with Gasteiger partial charge < -0.3 is 15.0 Å². The third-order valence-corrected chi connectivity index (χ3v) is 6.09. The first-order valence-electron chi connectivity index (χ1n) is 9.43. The van der Waals surface area contributed by atoms with Crippen molar-refractivity contribution in [3.05, 3.63) is 42.2 Å². The van der Waals surface area contributed by atoms with Crippen molar-refractivity contribution in [2.75, 3.05) is 25.5 Å². The van der Waals surface area contributed by atoms with Gasteiger partial charge >= 0.3 is 0 Å². The van der Waals surface area contributed by atoms with Crippen LogP contribution in [0.1, 0.15) is 18.4 Å². The summed E-state index contributed by atoms with van der Waals surface area (Å²) in [7, 11) is 2.17. The van der Waals surface area contributed by atoms with Gasteiger partial charge in [0.2, 0.25) is 5.13 Å². The summed E-state index contributed by atoms with van der Waals surface area (Å²) in [5.41, 5.74) is 2.32. The lowest BCUT2D eigenvalue weighted by Gasteiger charge is -2.57. The average molecular weight is 395 g/mol. The number of hydrogen-bond acceptors (Lipinski definition) is 8. The second-order valence-corrected chi connectivity index (χ2v) is 8.67. The van der Waals surface area contributed by atoms with E-state index in [1.54, 1.807) is 12.4 Å². The molecule has 3 aromatic rings. The van der Waals surface area contributed by atoms with Crippen molar-refractivity contribution in [2.24, 2.45) is 5.41 Å². The molecule has 2 fully saturated rings. The summed E-state index contributed by atoms with van der Waals surface area (Å²) >= 11 is 1.30. The molecular weight excluding hydrogens is 372 g/mol. The molecule has 4 heterocycles. The second kappa shape index (κ2) is 6.79. The molecular formula is C20H22N6OS. The van der Waals surface area contributed by atoms with Gasteiger partial charge in [0, 0.05) is 36.2 Å². The highest BCUT2D eigenvalue weighted by Crippen LogP contribution is 2.49. The second-order valence-electron chi connectivity index (χ2n) is 7.92. The molecule has 5 rings (SSSR count). The molecule has 0 unspecified atom stereocenters. The number of aromatic nitrogens is 4. The normalized spacial score (nSPS) is 18.5. The molecule has 144 valence electrons. The first kappa shape index (κ1) is 17.5. The fourth-order valence-corrected chi connectivity index (χ4v) is 4.79. The fourth-order valence-electron chi connectivity index (χ4n) is 4.22. The Morgan fingerprint density at radius 2 is 2.07 bits per heavy atom. The fraction of sp³-hybridized carbons (Fsp3) is 0.400. The van der Waals surface area contributed by atoms with Gasteiger partial charge in [0.15, 0.2) is 5.82 Å². The van der Waals surface area contributed by atoms with Crippen LogP contribution >= 0.6 is 11.5 Å². The number of anilines is 2. The maximum Gasteiger partial charge on any atom is 0.208 e. The van der Waals surface area contributed by atoms with Crippen LogP contribution in [0.5, 0.6) is 5.75 Å². The van der Waals surface area contributed by atoms with E-state index in [2.05, 4.69) is 36.6 Å². The molecule has 1 saturated carbocycles. The number of nitrogens with one attached hydrogen (secondary N) is 1. The van der Waals surface area contributed by atoms with E-state index in [4.69, 9.17) is 4.74 Å². The molecule has 0 radical (unpaired) electrons. The molecule has 1 saturated heterocycles. The zero-order valence-electron chi connectivity index (χ0n) is 15.9. The van der Waals surface area contributed by atoms with Crippen LogP contribution in [0, 0.1) is 12.3 Å². The molecule has 28 heavy (non-hydrogen) atoms. The quantitative estimate of drug-likeness (QED) is 0.709. The van der Waals surface area contributed by atoms with E-state index in [-0.39, 0.29) is 0 Å². The van der Waals surface area contributed by atoms with Crippen molar-refractivity contribution in [2.45, 2.75) is 25.9 Å². The maximum absolute atomic E-state index is 6.07. The largest absolute Gasteiger partial charge is 0.489 e.